The molecule has 1 aliphatic heterocycles. The summed E-state index contributed by atoms with van der Waals surface area (Å²) in [7, 11) is 0. The van der Waals surface area contributed by atoms with Gasteiger partial charge in [-0.25, -0.2) is 4.68 Å². The number of aryl methyl sites for hydroxylation is 1. The van der Waals surface area contributed by atoms with Gasteiger partial charge in [-0.2, -0.15) is 16.9 Å². The lowest BCUT2D eigenvalue weighted by Crippen LogP contribution is -2.36. The van der Waals surface area contributed by atoms with Crippen molar-refractivity contribution in [3.05, 3.63) is 52.7 Å². The first-order valence-electron chi connectivity index (χ1n) is 10.1. The maximum absolute atomic E-state index is 12.6. The van der Waals surface area contributed by atoms with Crippen molar-refractivity contribution in [2.75, 3.05) is 11.9 Å². The standard InChI is InChI=1S/C22H26N4O2S/c1-15-7-5-6-10-19(15)26-20(17-13-29-14-18(17)25-26)24-22(28)21(27)23-12-11-16-8-3-2-4-9-16/h5-8,10H,2-4,9,11-14H2,1H3,(H,23,27)(H,24,28). The van der Waals surface area contributed by atoms with Gasteiger partial charge in [-0.15, -0.1) is 0 Å². The van der Waals surface area contributed by atoms with Gasteiger partial charge in [0.15, 0.2) is 0 Å². The number of hydrogen-bond acceptors (Lipinski definition) is 4. The third-order valence-electron chi connectivity index (χ3n) is 5.45. The van der Waals surface area contributed by atoms with Gasteiger partial charge in [0.2, 0.25) is 0 Å². The van der Waals surface area contributed by atoms with Crippen molar-refractivity contribution in [2.45, 2.75) is 50.5 Å². The van der Waals surface area contributed by atoms with E-state index in [1.165, 1.54) is 18.4 Å². The molecule has 6 nitrogen and oxygen atoms in total. The van der Waals surface area contributed by atoms with Crippen molar-refractivity contribution in [3.63, 3.8) is 0 Å². The van der Waals surface area contributed by atoms with E-state index in [1.54, 1.807) is 16.4 Å². The number of carbonyl (C=O) groups excluding carboxylic acids is 2. The van der Waals surface area contributed by atoms with Crippen LogP contribution in [0.3, 0.4) is 0 Å². The molecule has 2 aromatic rings. The Labute approximate surface area is 175 Å². The number of carbonyl (C=O) groups is 2. The van der Waals surface area contributed by atoms with Gasteiger partial charge >= 0.3 is 11.8 Å². The first-order valence-corrected chi connectivity index (χ1v) is 11.3. The first-order chi connectivity index (χ1) is 14.1. The minimum Gasteiger partial charge on any atom is -0.348 e. The van der Waals surface area contributed by atoms with Crippen LogP contribution >= 0.6 is 11.8 Å². The van der Waals surface area contributed by atoms with E-state index in [2.05, 4.69) is 16.7 Å². The zero-order chi connectivity index (χ0) is 20.2. The lowest BCUT2D eigenvalue weighted by atomic mass is 9.97. The molecule has 1 aromatic heterocycles. The second-order valence-corrected chi connectivity index (χ2v) is 8.52. The second-order valence-electron chi connectivity index (χ2n) is 7.53. The number of para-hydroxylation sites is 1. The normalized spacial score (nSPS) is 15.6. The lowest BCUT2D eigenvalue weighted by molar-refractivity contribution is -0.136. The molecule has 29 heavy (non-hydrogen) atoms. The second kappa shape index (κ2) is 8.86. The molecule has 0 fully saturated rings. The zero-order valence-electron chi connectivity index (χ0n) is 16.7. The molecule has 152 valence electrons. The van der Waals surface area contributed by atoms with Crippen LogP contribution in [-0.2, 0) is 21.1 Å². The SMILES string of the molecule is Cc1ccccc1-n1nc2c(c1NC(=O)C(=O)NCCC1=CCCCC1)CSC2. The maximum Gasteiger partial charge on any atom is 0.314 e. The van der Waals surface area contributed by atoms with Crippen LogP contribution in [0.25, 0.3) is 5.69 Å². The van der Waals surface area contributed by atoms with Gasteiger partial charge in [0.25, 0.3) is 0 Å². The van der Waals surface area contributed by atoms with E-state index in [-0.39, 0.29) is 0 Å². The number of allylic oxidation sites excluding steroid dienone is 1. The van der Waals surface area contributed by atoms with E-state index >= 15 is 0 Å². The number of aromatic nitrogens is 2. The summed E-state index contributed by atoms with van der Waals surface area (Å²) in [5.41, 5.74) is 5.32. The summed E-state index contributed by atoms with van der Waals surface area (Å²) in [6, 6.07) is 7.90. The van der Waals surface area contributed by atoms with E-state index in [4.69, 9.17) is 5.10 Å². The van der Waals surface area contributed by atoms with E-state index in [9.17, 15) is 9.59 Å². The largest absolute Gasteiger partial charge is 0.348 e. The minimum absolute atomic E-state index is 0.489. The Morgan fingerprint density at radius 3 is 2.83 bits per heavy atom. The zero-order valence-corrected chi connectivity index (χ0v) is 17.5. The Bertz CT molecular complexity index is 964. The van der Waals surface area contributed by atoms with Crippen molar-refractivity contribution < 1.29 is 9.59 Å². The quantitative estimate of drug-likeness (QED) is 0.579. The molecule has 1 aromatic carbocycles. The van der Waals surface area contributed by atoms with Crippen molar-refractivity contribution in [3.8, 4) is 5.69 Å². The molecule has 2 N–H and O–H groups in total. The molecule has 0 bridgehead atoms. The highest BCUT2D eigenvalue weighted by molar-refractivity contribution is 7.98. The predicted octanol–water partition coefficient (Wildman–Crippen LogP) is 3.87. The van der Waals surface area contributed by atoms with Crippen LogP contribution in [0.5, 0.6) is 0 Å². The molecular formula is C22H26N4O2S. The highest BCUT2D eigenvalue weighted by Crippen LogP contribution is 2.36. The van der Waals surface area contributed by atoms with Crippen molar-refractivity contribution in [1.82, 2.24) is 15.1 Å². The summed E-state index contributed by atoms with van der Waals surface area (Å²) in [6.45, 7) is 2.50. The molecule has 0 radical (unpaired) electrons. The predicted molar refractivity (Wildman–Crippen MR) is 116 cm³/mol. The Hall–Kier alpha value is -2.54. The molecule has 4 rings (SSSR count). The summed E-state index contributed by atoms with van der Waals surface area (Å²) in [6.07, 6.45) is 7.75. The number of thioether (sulfide) groups is 1. The fraction of sp³-hybridized carbons (Fsp3) is 0.409. The number of amides is 2. The highest BCUT2D eigenvalue weighted by atomic mass is 32.2. The average Bonchev–Trinajstić information content (AvgIpc) is 3.32. The molecule has 2 aliphatic rings. The van der Waals surface area contributed by atoms with Crippen LogP contribution in [-0.4, -0.2) is 28.1 Å². The number of hydrogen-bond donors (Lipinski definition) is 2. The summed E-state index contributed by atoms with van der Waals surface area (Å²) < 4.78 is 1.76. The number of benzene rings is 1. The van der Waals surface area contributed by atoms with Crippen LogP contribution in [0, 0.1) is 6.92 Å². The summed E-state index contributed by atoms with van der Waals surface area (Å²) in [5.74, 6) is 0.968. The summed E-state index contributed by atoms with van der Waals surface area (Å²) in [5, 5.41) is 10.3. The van der Waals surface area contributed by atoms with Gasteiger partial charge in [0.1, 0.15) is 5.82 Å². The molecule has 0 atom stereocenters. The molecule has 2 heterocycles. The van der Waals surface area contributed by atoms with Crippen molar-refractivity contribution in [1.29, 1.82) is 0 Å². The van der Waals surface area contributed by atoms with Gasteiger partial charge in [0, 0.05) is 23.6 Å². The Kier molecular flexibility index (Phi) is 6.04. The average molecular weight is 411 g/mol. The molecule has 7 heteroatoms. The minimum atomic E-state index is -0.642. The Morgan fingerprint density at radius 2 is 2.03 bits per heavy atom. The molecule has 1 aliphatic carbocycles. The molecule has 0 saturated carbocycles. The Morgan fingerprint density at radius 1 is 1.17 bits per heavy atom. The maximum atomic E-state index is 12.6. The number of fused-ring (bicyclic) bond motifs is 1. The fourth-order valence-electron chi connectivity index (χ4n) is 3.83. The first kappa shape index (κ1) is 19.8. The van der Waals surface area contributed by atoms with Crippen LogP contribution in [0.2, 0.25) is 0 Å². The highest BCUT2D eigenvalue weighted by Gasteiger charge is 2.26. The van der Waals surface area contributed by atoms with Gasteiger partial charge in [-0.1, -0.05) is 29.8 Å². The molecule has 2 amide bonds. The van der Waals surface area contributed by atoms with Crippen molar-refractivity contribution in [2.24, 2.45) is 0 Å². The smallest absolute Gasteiger partial charge is 0.314 e. The van der Waals surface area contributed by atoms with Crippen LogP contribution < -0.4 is 10.6 Å². The van der Waals surface area contributed by atoms with Crippen LogP contribution in [0.15, 0.2) is 35.9 Å². The molecular weight excluding hydrogens is 384 g/mol. The Balaban J connectivity index is 1.46. The fourth-order valence-corrected chi connectivity index (χ4v) is 4.86. The van der Waals surface area contributed by atoms with Crippen LogP contribution in [0.4, 0.5) is 5.82 Å². The molecule has 0 spiro atoms. The molecule has 0 unspecified atom stereocenters. The summed E-state index contributed by atoms with van der Waals surface area (Å²) >= 11 is 1.76. The third-order valence-corrected chi connectivity index (χ3v) is 6.42. The topological polar surface area (TPSA) is 76.0 Å². The van der Waals surface area contributed by atoms with E-state index < -0.39 is 11.8 Å². The number of anilines is 1. The van der Waals surface area contributed by atoms with E-state index in [0.29, 0.717) is 12.4 Å². The van der Waals surface area contributed by atoms with Gasteiger partial charge in [-0.3, -0.25) is 9.59 Å². The monoisotopic (exact) mass is 410 g/mol. The lowest BCUT2D eigenvalue weighted by Gasteiger charge is -2.14. The number of nitrogens with zero attached hydrogens (tertiary/aromatic N) is 2. The van der Waals surface area contributed by atoms with Gasteiger partial charge in [-0.05, 0) is 50.7 Å². The van der Waals surface area contributed by atoms with Crippen molar-refractivity contribution >= 4 is 29.4 Å². The van der Waals surface area contributed by atoms with E-state index in [0.717, 1.165) is 53.3 Å². The van der Waals surface area contributed by atoms with E-state index in [1.807, 2.05) is 31.2 Å². The molecule has 0 saturated heterocycles. The number of nitrogens with one attached hydrogen (secondary N) is 2. The van der Waals surface area contributed by atoms with Crippen LogP contribution in [0.1, 0.15) is 48.9 Å². The van der Waals surface area contributed by atoms with Gasteiger partial charge < -0.3 is 10.6 Å². The summed E-state index contributed by atoms with van der Waals surface area (Å²) in [4.78, 5) is 24.9. The third kappa shape index (κ3) is 4.40. The number of rotatable bonds is 5. The van der Waals surface area contributed by atoms with Gasteiger partial charge in [0.05, 0.1) is 11.4 Å².